The van der Waals surface area contributed by atoms with Crippen LogP contribution in [0, 0.1) is 17.7 Å². The summed E-state index contributed by atoms with van der Waals surface area (Å²) in [5, 5.41) is 0. The Bertz CT molecular complexity index is 886. The summed E-state index contributed by atoms with van der Waals surface area (Å²) in [4.78, 5) is 56.8. The van der Waals surface area contributed by atoms with Gasteiger partial charge in [0.2, 0.25) is 17.7 Å². The number of nitrogens with zero attached hydrogens (tertiary/aromatic N) is 3. The predicted molar refractivity (Wildman–Crippen MR) is 96.4 cm³/mol. The van der Waals surface area contributed by atoms with Crippen molar-refractivity contribution in [2.45, 2.75) is 31.8 Å². The lowest BCUT2D eigenvalue weighted by Crippen LogP contribution is -2.69. The smallest absolute Gasteiger partial charge is 0.255 e. The lowest BCUT2D eigenvalue weighted by molar-refractivity contribution is -0.156. The van der Waals surface area contributed by atoms with Gasteiger partial charge < -0.3 is 9.80 Å². The largest absolute Gasteiger partial charge is 0.339 e. The highest BCUT2D eigenvalue weighted by Gasteiger charge is 2.74. The van der Waals surface area contributed by atoms with E-state index in [9.17, 15) is 23.6 Å². The van der Waals surface area contributed by atoms with Gasteiger partial charge in [-0.2, -0.15) is 0 Å². The first kappa shape index (κ1) is 18.6. The maximum Gasteiger partial charge on any atom is 0.255 e. The molecule has 28 heavy (non-hydrogen) atoms. The van der Waals surface area contributed by atoms with Crippen LogP contribution in [0.4, 0.5) is 4.39 Å². The number of benzene rings is 1. The van der Waals surface area contributed by atoms with Crippen LogP contribution >= 0.6 is 0 Å². The van der Waals surface area contributed by atoms with Crippen molar-refractivity contribution in [1.29, 1.82) is 0 Å². The third-order valence-corrected chi connectivity index (χ3v) is 6.56. The number of carbonyl (C=O) groups is 4. The molecule has 8 heteroatoms. The molecule has 3 heterocycles. The molecule has 3 aliphatic heterocycles. The molecule has 1 aromatic carbocycles. The Labute approximate surface area is 162 Å². The van der Waals surface area contributed by atoms with Crippen molar-refractivity contribution in [1.82, 2.24) is 14.7 Å². The first-order valence-corrected chi connectivity index (χ1v) is 9.49. The van der Waals surface area contributed by atoms with Crippen molar-refractivity contribution in [2.24, 2.45) is 11.8 Å². The quantitative estimate of drug-likeness (QED) is 0.722. The van der Waals surface area contributed by atoms with Crippen LogP contribution in [0.2, 0.25) is 0 Å². The molecule has 0 radical (unpaired) electrons. The SMILES string of the molecule is CCN1CC2C3C(=O)N(C)C(=O)C3[C@](CC)(C1=O)N2C(=O)c1ccc(F)cc1. The van der Waals surface area contributed by atoms with Crippen LogP contribution in [-0.4, -0.2) is 70.0 Å². The summed E-state index contributed by atoms with van der Waals surface area (Å²) in [7, 11) is 1.43. The van der Waals surface area contributed by atoms with Crippen LogP contribution in [0.25, 0.3) is 0 Å². The number of likely N-dealkylation sites (tertiary alicyclic amines) is 2. The van der Waals surface area contributed by atoms with Crippen LogP contribution in [0.3, 0.4) is 0 Å². The van der Waals surface area contributed by atoms with Gasteiger partial charge in [0.05, 0.1) is 17.9 Å². The number of carbonyl (C=O) groups excluding carboxylic acids is 4. The van der Waals surface area contributed by atoms with Gasteiger partial charge in [0.25, 0.3) is 5.91 Å². The number of rotatable bonds is 3. The Morgan fingerprint density at radius 2 is 1.79 bits per heavy atom. The van der Waals surface area contributed by atoms with Crippen LogP contribution in [0.15, 0.2) is 24.3 Å². The monoisotopic (exact) mass is 387 g/mol. The number of halogens is 1. The minimum Gasteiger partial charge on any atom is -0.339 e. The lowest BCUT2D eigenvalue weighted by atomic mass is 9.78. The molecule has 0 spiro atoms. The third-order valence-electron chi connectivity index (χ3n) is 6.56. The average molecular weight is 387 g/mol. The van der Waals surface area contributed by atoms with Gasteiger partial charge in [-0.3, -0.25) is 24.1 Å². The molecule has 4 amide bonds. The van der Waals surface area contributed by atoms with Gasteiger partial charge in [0.1, 0.15) is 11.4 Å². The molecule has 1 aromatic rings. The number of fused-ring (bicyclic) bond motifs is 5. The number of amides is 4. The Morgan fingerprint density at radius 1 is 1.14 bits per heavy atom. The highest BCUT2D eigenvalue weighted by molar-refractivity contribution is 6.13. The van der Waals surface area contributed by atoms with E-state index >= 15 is 0 Å². The fourth-order valence-electron chi connectivity index (χ4n) is 5.22. The summed E-state index contributed by atoms with van der Waals surface area (Å²) in [6.07, 6.45) is 0.222. The molecule has 3 aliphatic rings. The lowest BCUT2D eigenvalue weighted by Gasteiger charge is -2.49. The summed E-state index contributed by atoms with van der Waals surface area (Å²) >= 11 is 0. The van der Waals surface area contributed by atoms with E-state index in [1.807, 2.05) is 6.92 Å². The molecule has 148 valence electrons. The summed E-state index contributed by atoms with van der Waals surface area (Å²) < 4.78 is 13.3. The van der Waals surface area contributed by atoms with E-state index in [4.69, 9.17) is 0 Å². The van der Waals surface area contributed by atoms with Crippen molar-refractivity contribution in [3.63, 3.8) is 0 Å². The zero-order valence-electron chi connectivity index (χ0n) is 16.0. The van der Waals surface area contributed by atoms with Crippen LogP contribution in [0.5, 0.6) is 0 Å². The number of piperazine rings is 1. The van der Waals surface area contributed by atoms with Crippen molar-refractivity contribution >= 4 is 23.6 Å². The second-order valence-corrected chi connectivity index (χ2v) is 7.61. The maximum atomic E-state index is 13.5. The van der Waals surface area contributed by atoms with Crippen LogP contribution in [0.1, 0.15) is 30.6 Å². The van der Waals surface area contributed by atoms with Crippen molar-refractivity contribution < 1.29 is 23.6 Å². The van der Waals surface area contributed by atoms with Gasteiger partial charge in [-0.1, -0.05) is 6.92 Å². The number of hydrogen-bond donors (Lipinski definition) is 0. The van der Waals surface area contributed by atoms with E-state index in [2.05, 4.69) is 0 Å². The molecular formula is C20H22FN3O4. The number of likely N-dealkylation sites (N-methyl/N-ethyl adjacent to an activating group) is 1. The standard InChI is InChI=1S/C20H22FN3O4/c1-4-20-15-14(17(26)22(3)18(15)27)13(10-23(5-2)19(20)28)24(20)16(25)11-6-8-12(21)9-7-11/h6-9,13-15H,4-5,10H2,1-3H3/t13?,14?,15?,20-/m1/s1. The highest BCUT2D eigenvalue weighted by Crippen LogP contribution is 2.53. The van der Waals surface area contributed by atoms with E-state index in [0.717, 1.165) is 4.90 Å². The topological polar surface area (TPSA) is 78.0 Å². The van der Waals surface area contributed by atoms with E-state index in [0.29, 0.717) is 6.54 Å². The molecule has 2 bridgehead atoms. The van der Waals surface area contributed by atoms with E-state index in [-0.39, 0.29) is 30.3 Å². The molecule has 0 aromatic heterocycles. The van der Waals surface area contributed by atoms with Crippen LogP contribution in [-0.2, 0) is 14.4 Å². The zero-order chi connectivity index (χ0) is 20.4. The van der Waals surface area contributed by atoms with Gasteiger partial charge in [-0.25, -0.2) is 4.39 Å². The van der Waals surface area contributed by atoms with Crippen molar-refractivity contribution in [2.75, 3.05) is 20.1 Å². The Hall–Kier alpha value is -2.77. The fourth-order valence-corrected chi connectivity index (χ4v) is 5.22. The second kappa shape index (κ2) is 6.12. The zero-order valence-corrected chi connectivity index (χ0v) is 16.0. The Morgan fingerprint density at radius 3 is 2.36 bits per heavy atom. The summed E-state index contributed by atoms with van der Waals surface area (Å²) in [6, 6.07) is 4.51. The molecule has 4 atom stereocenters. The number of hydrogen-bond acceptors (Lipinski definition) is 4. The molecule has 3 fully saturated rings. The second-order valence-electron chi connectivity index (χ2n) is 7.61. The molecular weight excluding hydrogens is 365 g/mol. The first-order valence-electron chi connectivity index (χ1n) is 9.49. The molecule has 3 unspecified atom stereocenters. The van der Waals surface area contributed by atoms with Crippen molar-refractivity contribution in [3.8, 4) is 0 Å². The van der Waals surface area contributed by atoms with E-state index in [1.54, 1.807) is 11.8 Å². The summed E-state index contributed by atoms with van der Waals surface area (Å²) in [6.45, 7) is 4.24. The summed E-state index contributed by atoms with van der Waals surface area (Å²) in [5.74, 6) is -3.60. The van der Waals surface area contributed by atoms with Gasteiger partial charge in [0, 0.05) is 25.7 Å². The predicted octanol–water partition coefficient (Wildman–Crippen LogP) is 0.892. The van der Waals surface area contributed by atoms with Gasteiger partial charge in [0.15, 0.2) is 0 Å². The maximum absolute atomic E-state index is 13.5. The van der Waals surface area contributed by atoms with E-state index < -0.39 is 41.0 Å². The molecule has 0 saturated carbocycles. The number of imide groups is 1. The highest BCUT2D eigenvalue weighted by atomic mass is 19.1. The van der Waals surface area contributed by atoms with Gasteiger partial charge in [-0.05, 0) is 37.6 Å². The third kappa shape index (κ3) is 2.08. The van der Waals surface area contributed by atoms with Gasteiger partial charge >= 0.3 is 0 Å². The summed E-state index contributed by atoms with van der Waals surface area (Å²) in [5.41, 5.74) is -1.16. The van der Waals surface area contributed by atoms with E-state index in [1.165, 1.54) is 36.2 Å². The molecule has 3 saturated heterocycles. The molecule has 7 nitrogen and oxygen atoms in total. The Kier molecular flexibility index (Phi) is 4.06. The van der Waals surface area contributed by atoms with Crippen LogP contribution < -0.4 is 0 Å². The molecule has 0 N–H and O–H groups in total. The fraction of sp³-hybridized carbons (Fsp3) is 0.500. The minimum absolute atomic E-state index is 0.206. The van der Waals surface area contributed by atoms with Gasteiger partial charge in [-0.15, -0.1) is 0 Å². The minimum atomic E-state index is -1.40. The van der Waals surface area contributed by atoms with Crippen molar-refractivity contribution in [3.05, 3.63) is 35.6 Å². The molecule has 0 aliphatic carbocycles. The Balaban J connectivity index is 1.89. The first-order chi connectivity index (χ1) is 13.3. The average Bonchev–Trinajstić information content (AvgIpc) is 3.07. The normalized spacial score (nSPS) is 31.6. The molecule has 4 rings (SSSR count).